The molecule has 1 aromatic carbocycles. The van der Waals surface area contributed by atoms with Crippen LogP contribution in [0.2, 0.25) is 0 Å². The molecule has 0 spiro atoms. The number of hydrogen-bond acceptors (Lipinski definition) is 4. The van der Waals surface area contributed by atoms with Crippen molar-refractivity contribution >= 4 is 11.6 Å². The highest BCUT2D eigenvalue weighted by atomic mass is 16.5. The molecule has 1 amide bonds. The zero-order valence-corrected chi connectivity index (χ0v) is 11.8. The SMILES string of the molecule is CC1OCCC1(O)CNC(=O)CCc1cccc(N)c1. The van der Waals surface area contributed by atoms with Crippen molar-refractivity contribution in [2.75, 3.05) is 18.9 Å². The second kappa shape index (κ2) is 6.24. The number of amides is 1. The van der Waals surface area contributed by atoms with Gasteiger partial charge in [-0.05, 0) is 31.0 Å². The average Bonchev–Trinajstić information content (AvgIpc) is 2.75. The Hall–Kier alpha value is -1.59. The Morgan fingerprint density at radius 2 is 2.40 bits per heavy atom. The summed E-state index contributed by atoms with van der Waals surface area (Å²) < 4.78 is 5.33. The Morgan fingerprint density at radius 3 is 3.05 bits per heavy atom. The molecule has 20 heavy (non-hydrogen) atoms. The molecule has 5 heteroatoms. The number of carbonyl (C=O) groups is 1. The van der Waals surface area contributed by atoms with E-state index in [9.17, 15) is 9.90 Å². The lowest BCUT2D eigenvalue weighted by molar-refractivity contribution is -0.122. The number of aryl methyl sites for hydroxylation is 1. The molecular formula is C15H22N2O3. The molecule has 0 saturated carbocycles. The molecule has 1 saturated heterocycles. The molecule has 2 atom stereocenters. The molecule has 1 aromatic rings. The van der Waals surface area contributed by atoms with Crippen LogP contribution >= 0.6 is 0 Å². The Kier molecular flexibility index (Phi) is 4.62. The van der Waals surface area contributed by atoms with Crippen LogP contribution in [0.5, 0.6) is 0 Å². The molecule has 0 aromatic heterocycles. The van der Waals surface area contributed by atoms with Gasteiger partial charge in [0.05, 0.1) is 6.10 Å². The smallest absolute Gasteiger partial charge is 0.220 e. The standard InChI is InChI=1S/C15H22N2O3/c1-11-15(19,7-8-20-11)10-17-14(18)6-5-12-3-2-4-13(16)9-12/h2-4,9,11,19H,5-8,10,16H2,1H3,(H,17,18). The van der Waals surface area contributed by atoms with Crippen molar-refractivity contribution in [3.05, 3.63) is 29.8 Å². The maximum absolute atomic E-state index is 11.8. The van der Waals surface area contributed by atoms with Crippen LogP contribution in [0.4, 0.5) is 5.69 Å². The second-order valence-corrected chi connectivity index (χ2v) is 5.39. The van der Waals surface area contributed by atoms with Crippen molar-refractivity contribution in [3.8, 4) is 0 Å². The lowest BCUT2D eigenvalue weighted by atomic mass is 9.96. The summed E-state index contributed by atoms with van der Waals surface area (Å²) >= 11 is 0. The zero-order valence-electron chi connectivity index (χ0n) is 11.8. The highest BCUT2D eigenvalue weighted by Gasteiger charge is 2.39. The number of carbonyl (C=O) groups excluding carboxylic acids is 1. The molecule has 0 aliphatic carbocycles. The highest BCUT2D eigenvalue weighted by Crippen LogP contribution is 2.24. The van der Waals surface area contributed by atoms with Gasteiger partial charge in [-0.2, -0.15) is 0 Å². The van der Waals surface area contributed by atoms with Crippen molar-refractivity contribution in [1.82, 2.24) is 5.32 Å². The molecule has 1 heterocycles. The van der Waals surface area contributed by atoms with Gasteiger partial charge in [-0.1, -0.05) is 12.1 Å². The van der Waals surface area contributed by atoms with Crippen molar-refractivity contribution in [3.63, 3.8) is 0 Å². The van der Waals surface area contributed by atoms with Gasteiger partial charge in [-0.25, -0.2) is 0 Å². The topological polar surface area (TPSA) is 84.6 Å². The minimum Gasteiger partial charge on any atom is -0.399 e. The van der Waals surface area contributed by atoms with Crippen LogP contribution < -0.4 is 11.1 Å². The van der Waals surface area contributed by atoms with E-state index in [1.54, 1.807) is 0 Å². The number of nitrogens with one attached hydrogen (secondary N) is 1. The van der Waals surface area contributed by atoms with E-state index >= 15 is 0 Å². The summed E-state index contributed by atoms with van der Waals surface area (Å²) in [6.07, 6.45) is 1.34. The summed E-state index contributed by atoms with van der Waals surface area (Å²) in [4.78, 5) is 11.8. The average molecular weight is 278 g/mol. The molecule has 0 radical (unpaired) electrons. The van der Waals surface area contributed by atoms with Crippen LogP contribution in [0.15, 0.2) is 24.3 Å². The van der Waals surface area contributed by atoms with Crippen LogP contribution in [0, 0.1) is 0 Å². The molecule has 110 valence electrons. The van der Waals surface area contributed by atoms with Crippen LogP contribution in [0.3, 0.4) is 0 Å². The van der Waals surface area contributed by atoms with E-state index in [1.165, 1.54) is 0 Å². The molecule has 4 N–H and O–H groups in total. The summed E-state index contributed by atoms with van der Waals surface area (Å²) in [6, 6.07) is 7.52. The van der Waals surface area contributed by atoms with Gasteiger partial charge in [-0.15, -0.1) is 0 Å². The molecule has 0 bridgehead atoms. The summed E-state index contributed by atoms with van der Waals surface area (Å²) in [5.74, 6) is -0.0695. The van der Waals surface area contributed by atoms with Gasteiger partial charge < -0.3 is 20.9 Å². The van der Waals surface area contributed by atoms with E-state index in [-0.39, 0.29) is 18.6 Å². The number of aliphatic hydroxyl groups is 1. The zero-order chi connectivity index (χ0) is 14.6. The molecule has 2 unspecified atom stereocenters. The third-order valence-corrected chi connectivity index (χ3v) is 3.84. The number of nitrogen functional groups attached to an aromatic ring is 1. The van der Waals surface area contributed by atoms with E-state index in [0.717, 1.165) is 5.56 Å². The van der Waals surface area contributed by atoms with Crippen molar-refractivity contribution < 1.29 is 14.6 Å². The fraction of sp³-hybridized carbons (Fsp3) is 0.533. The van der Waals surface area contributed by atoms with E-state index < -0.39 is 5.60 Å². The van der Waals surface area contributed by atoms with Gasteiger partial charge in [0.15, 0.2) is 0 Å². The van der Waals surface area contributed by atoms with Crippen LogP contribution in [0.1, 0.15) is 25.3 Å². The minimum absolute atomic E-state index is 0.0695. The number of anilines is 1. The van der Waals surface area contributed by atoms with Gasteiger partial charge in [0.25, 0.3) is 0 Å². The fourth-order valence-electron chi connectivity index (χ4n) is 2.35. The molecule has 1 aliphatic heterocycles. The second-order valence-electron chi connectivity index (χ2n) is 5.39. The summed E-state index contributed by atoms with van der Waals surface area (Å²) in [7, 11) is 0. The molecular weight excluding hydrogens is 256 g/mol. The van der Waals surface area contributed by atoms with Gasteiger partial charge in [0.2, 0.25) is 5.91 Å². The minimum atomic E-state index is -0.938. The number of rotatable bonds is 5. The third-order valence-electron chi connectivity index (χ3n) is 3.84. The Bertz CT molecular complexity index is 478. The van der Waals surface area contributed by atoms with Crippen LogP contribution in [-0.4, -0.2) is 35.9 Å². The Morgan fingerprint density at radius 1 is 1.60 bits per heavy atom. The maximum atomic E-state index is 11.8. The number of benzene rings is 1. The highest BCUT2D eigenvalue weighted by molar-refractivity contribution is 5.76. The van der Waals surface area contributed by atoms with Gasteiger partial charge >= 0.3 is 0 Å². The van der Waals surface area contributed by atoms with Crippen LogP contribution in [0.25, 0.3) is 0 Å². The molecule has 1 fully saturated rings. The van der Waals surface area contributed by atoms with Gasteiger partial charge in [0, 0.05) is 31.7 Å². The normalized spacial score (nSPS) is 25.6. The lowest BCUT2D eigenvalue weighted by Crippen LogP contribution is -2.47. The Labute approximate surface area is 119 Å². The first-order chi connectivity index (χ1) is 9.49. The fourth-order valence-corrected chi connectivity index (χ4v) is 2.35. The quantitative estimate of drug-likeness (QED) is 0.697. The van der Waals surface area contributed by atoms with Crippen molar-refractivity contribution in [2.45, 2.75) is 37.9 Å². The predicted molar refractivity (Wildman–Crippen MR) is 77.2 cm³/mol. The molecule has 5 nitrogen and oxygen atoms in total. The summed E-state index contributed by atoms with van der Waals surface area (Å²) in [6.45, 7) is 2.60. The van der Waals surface area contributed by atoms with E-state index in [2.05, 4.69) is 5.32 Å². The first-order valence-electron chi connectivity index (χ1n) is 6.95. The van der Waals surface area contributed by atoms with Gasteiger partial charge in [-0.3, -0.25) is 4.79 Å². The first kappa shape index (κ1) is 14.8. The number of hydrogen-bond donors (Lipinski definition) is 3. The van der Waals surface area contributed by atoms with Crippen molar-refractivity contribution in [2.24, 2.45) is 0 Å². The number of nitrogens with two attached hydrogens (primary N) is 1. The van der Waals surface area contributed by atoms with E-state index in [1.807, 2.05) is 31.2 Å². The largest absolute Gasteiger partial charge is 0.399 e. The monoisotopic (exact) mass is 278 g/mol. The predicted octanol–water partition coefficient (Wildman–Crippen LogP) is 0.857. The van der Waals surface area contributed by atoms with E-state index in [0.29, 0.717) is 31.6 Å². The van der Waals surface area contributed by atoms with Crippen LogP contribution in [-0.2, 0) is 16.0 Å². The summed E-state index contributed by atoms with van der Waals surface area (Å²) in [5, 5.41) is 13.1. The Balaban J connectivity index is 1.76. The molecule has 1 aliphatic rings. The van der Waals surface area contributed by atoms with E-state index in [4.69, 9.17) is 10.5 Å². The van der Waals surface area contributed by atoms with Gasteiger partial charge in [0.1, 0.15) is 5.60 Å². The van der Waals surface area contributed by atoms with Crippen molar-refractivity contribution in [1.29, 1.82) is 0 Å². The molecule has 2 rings (SSSR count). The first-order valence-corrected chi connectivity index (χ1v) is 6.95. The number of ether oxygens (including phenoxy) is 1. The lowest BCUT2D eigenvalue weighted by Gasteiger charge is -2.26. The third kappa shape index (κ3) is 3.71. The summed E-state index contributed by atoms with van der Waals surface area (Å²) in [5.41, 5.74) is 6.50. The maximum Gasteiger partial charge on any atom is 0.220 e.